The first-order valence-corrected chi connectivity index (χ1v) is 9.65. The third-order valence-electron chi connectivity index (χ3n) is 4.66. The first kappa shape index (κ1) is 16.4. The number of likely N-dealkylation sites (tertiary alicyclic amines) is 1. The van der Waals surface area contributed by atoms with Crippen molar-refractivity contribution in [3.63, 3.8) is 0 Å². The number of aromatic nitrogens is 1. The predicted molar refractivity (Wildman–Crippen MR) is 105 cm³/mol. The van der Waals surface area contributed by atoms with Gasteiger partial charge in [0.1, 0.15) is 5.75 Å². The molecule has 1 saturated heterocycles. The standard InChI is InChI=1S/C20H23N3OS/c1-24-17-9-10-18-19(13-17)25-20(22-18)21-16-7-5-15(6-8-16)14-23-11-3-2-4-12-23/h5-10,13H,2-4,11-12,14H2,1H3,(H,21,22). The Hall–Kier alpha value is -2.11. The molecule has 0 spiro atoms. The Balaban J connectivity index is 1.43. The van der Waals surface area contributed by atoms with E-state index >= 15 is 0 Å². The fraction of sp³-hybridized carbons (Fsp3) is 0.350. The van der Waals surface area contributed by atoms with Gasteiger partial charge in [-0.15, -0.1) is 0 Å². The maximum atomic E-state index is 5.28. The average Bonchev–Trinajstić information content (AvgIpc) is 3.05. The van der Waals surface area contributed by atoms with Crippen LogP contribution in [0.4, 0.5) is 10.8 Å². The Morgan fingerprint density at radius 1 is 1.08 bits per heavy atom. The molecular formula is C20H23N3OS. The lowest BCUT2D eigenvalue weighted by Crippen LogP contribution is -2.28. The van der Waals surface area contributed by atoms with E-state index in [4.69, 9.17) is 4.74 Å². The van der Waals surface area contributed by atoms with Crippen molar-refractivity contribution >= 4 is 32.4 Å². The Morgan fingerprint density at radius 2 is 1.88 bits per heavy atom. The summed E-state index contributed by atoms with van der Waals surface area (Å²) in [5, 5.41) is 4.32. The Kier molecular flexibility index (Phi) is 4.85. The molecule has 1 aliphatic heterocycles. The fourth-order valence-corrected chi connectivity index (χ4v) is 4.19. The molecule has 0 amide bonds. The van der Waals surface area contributed by atoms with E-state index in [9.17, 15) is 0 Å². The van der Waals surface area contributed by atoms with Crippen molar-refractivity contribution in [3.05, 3.63) is 48.0 Å². The van der Waals surface area contributed by atoms with Gasteiger partial charge in [0, 0.05) is 12.2 Å². The van der Waals surface area contributed by atoms with E-state index in [1.807, 2.05) is 18.2 Å². The van der Waals surface area contributed by atoms with E-state index in [1.165, 1.54) is 37.9 Å². The number of nitrogens with one attached hydrogen (secondary N) is 1. The van der Waals surface area contributed by atoms with Crippen LogP contribution in [0.15, 0.2) is 42.5 Å². The lowest BCUT2D eigenvalue weighted by molar-refractivity contribution is 0.221. The Bertz CT molecular complexity index is 838. The van der Waals surface area contributed by atoms with Gasteiger partial charge in [-0.05, 0) is 61.8 Å². The summed E-state index contributed by atoms with van der Waals surface area (Å²) in [5.41, 5.74) is 3.45. The number of anilines is 2. The molecular weight excluding hydrogens is 330 g/mol. The number of hydrogen-bond acceptors (Lipinski definition) is 5. The molecule has 0 atom stereocenters. The molecule has 5 heteroatoms. The van der Waals surface area contributed by atoms with Crippen LogP contribution in [0.5, 0.6) is 5.75 Å². The highest BCUT2D eigenvalue weighted by atomic mass is 32.1. The molecule has 0 radical (unpaired) electrons. The summed E-state index contributed by atoms with van der Waals surface area (Å²) in [6.07, 6.45) is 4.05. The molecule has 1 N–H and O–H groups in total. The van der Waals surface area contributed by atoms with Gasteiger partial charge in [0.25, 0.3) is 0 Å². The number of hydrogen-bond donors (Lipinski definition) is 1. The van der Waals surface area contributed by atoms with Gasteiger partial charge in [-0.1, -0.05) is 29.9 Å². The lowest BCUT2D eigenvalue weighted by Gasteiger charge is -2.26. The van der Waals surface area contributed by atoms with Crippen molar-refractivity contribution in [2.45, 2.75) is 25.8 Å². The van der Waals surface area contributed by atoms with Crippen LogP contribution in [0, 0.1) is 0 Å². The predicted octanol–water partition coefficient (Wildman–Crippen LogP) is 5.03. The van der Waals surface area contributed by atoms with Gasteiger partial charge in [0.05, 0.1) is 17.3 Å². The van der Waals surface area contributed by atoms with E-state index in [0.29, 0.717) is 0 Å². The van der Waals surface area contributed by atoms with Gasteiger partial charge >= 0.3 is 0 Å². The molecule has 1 aromatic heterocycles. The number of thiazole rings is 1. The van der Waals surface area contributed by atoms with Crippen molar-refractivity contribution in [2.24, 2.45) is 0 Å². The van der Waals surface area contributed by atoms with Crippen LogP contribution in [0.25, 0.3) is 10.2 Å². The largest absolute Gasteiger partial charge is 0.497 e. The van der Waals surface area contributed by atoms with Crippen molar-refractivity contribution in [3.8, 4) is 5.75 Å². The normalized spacial score (nSPS) is 15.4. The minimum atomic E-state index is 0.866. The number of benzene rings is 2. The van der Waals surface area contributed by atoms with Crippen LogP contribution in [0.1, 0.15) is 24.8 Å². The highest BCUT2D eigenvalue weighted by molar-refractivity contribution is 7.22. The van der Waals surface area contributed by atoms with Crippen molar-refractivity contribution < 1.29 is 4.74 Å². The van der Waals surface area contributed by atoms with Crippen LogP contribution in [0.2, 0.25) is 0 Å². The third kappa shape index (κ3) is 3.94. The highest BCUT2D eigenvalue weighted by Crippen LogP contribution is 2.31. The van der Waals surface area contributed by atoms with E-state index in [-0.39, 0.29) is 0 Å². The van der Waals surface area contributed by atoms with Crippen molar-refractivity contribution in [2.75, 3.05) is 25.5 Å². The summed E-state index contributed by atoms with van der Waals surface area (Å²) >= 11 is 1.64. The smallest absolute Gasteiger partial charge is 0.188 e. The topological polar surface area (TPSA) is 37.4 Å². The minimum absolute atomic E-state index is 0.866. The number of nitrogens with zero attached hydrogens (tertiary/aromatic N) is 2. The quantitative estimate of drug-likeness (QED) is 0.698. The van der Waals surface area contributed by atoms with E-state index in [1.54, 1.807) is 18.4 Å². The number of piperidine rings is 1. The van der Waals surface area contributed by atoms with Crippen molar-refractivity contribution in [1.29, 1.82) is 0 Å². The second-order valence-electron chi connectivity index (χ2n) is 6.51. The van der Waals surface area contributed by atoms with Crippen molar-refractivity contribution in [1.82, 2.24) is 9.88 Å². The van der Waals surface area contributed by atoms with Crippen LogP contribution in [-0.4, -0.2) is 30.1 Å². The summed E-state index contributed by atoms with van der Waals surface area (Å²) in [6, 6.07) is 14.7. The van der Waals surface area contributed by atoms with Gasteiger partial charge in [-0.2, -0.15) is 0 Å². The fourth-order valence-electron chi connectivity index (χ4n) is 3.28. The van der Waals surface area contributed by atoms with Gasteiger partial charge in [0.15, 0.2) is 5.13 Å². The van der Waals surface area contributed by atoms with Crippen LogP contribution < -0.4 is 10.1 Å². The first-order chi connectivity index (χ1) is 12.3. The molecule has 130 valence electrons. The molecule has 2 heterocycles. The first-order valence-electron chi connectivity index (χ1n) is 8.83. The van der Waals surface area contributed by atoms with Gasteiger partial charge < -0.3 is 10.1 Å². The zero-order valence-corrected chi connectivity index (χ0v) is 15.3. The molecule has 25 heavy (non-hydrogen) atoms. The van der Waals surface area contributed by atoms with Crippen LogP contribution >= 0.6 is 11.3 Å². The SMILES string of the molecule is COc1ccc2nc(Nc3ccc(CN4CCCCC4)cc3)sc2c1. The van der Waals surface area contributed by atoms with Gasteiger partial charge in [-0.3, -0.25) is 4.90 Å². The molecule has 1 fully saturated rings. The molecule has 0 aliphatic carbocycles. The molecule has 1 aliphatic rings. The number of fused-ring (bicyclic) bond motifs is 1. The van der Waals surface area contributed by atoms with Crippen LogP contribution in [0.3, 0.4) is 0 Å². The van der Waals surface area contributed by atoms with Crippen LogP contribution in [-0.2, 0) is 6.54 Å². The maximum Gasteiger partial charge on any atom is 0.188 e. The summed E-state index contributed by atoms with van der Waals surface area (Å²) in [4.78, 5) is 7.19. The third-order valence-corrected chi connectivity index (χ3v) is 5.59. The zero-order valence-electron chi connectivity index (χ0n) is 14.5. The second-order valence-corrected chi connectivity index (χ2v) is 7.54. The molecule has 4 rings (SSSR count). The highest BCUT2D eigenvalue weighted by Gasteiger charge is 2.10. The number of rotatable bonds is 5. The molecule has 0 unspecified atom stereocenters. The van der Waals surface area contributed by atoms with E-state index in [2.05, 4.69) is 39.5 Å². The number of ether oxygens (including phenoxy) is 1. The Labute approximate surface area is 152 Å². The lowest BCUT2D eigenvalue weighted by atomic mass is 10.1. The monoisotopic (exact) mass is 353 g/mol. The zero-order chi connectivity index (χ0) is 17.1. The second kappa shape index (κ2) is 7.42. The Morgan fingerprint density at radius 3 is 2.64 bits per heavy atom. The summed E-state index contributed by atoms with van der Waals surface area (Å²) < 4.78 is 6.41. The average molecular weight is 353 g/mol. The van der Waals surface area contributed by atoms with Gasteiger partial charge in [0.2, 0.25) is 0 Å². The summed E-state index contributed by atoms with van der Waals surface area (Å²) in [6.45, 7) is 3.52. The van der Waals surface area contributed by atoms with Gasteiger partial charge in [-0.25, -0.2) is 4.98 Å². The molecule has 4 nitrogen and oxygen atoms in total. The molecule has 0 bridgehead atoms. The minimum Gasteiger partial charge on any atom is -0.497 e. The molecule has 2 aromatic carbocycles. The van der Waals surface area contributed by atoms with E-state index < -0.39 is 0 Å². The summed E-state index contributed by atoms with van der Waals surface area (Å²) in [7, 11) is 1.69. The maximum absolute atomic E-state index is 5.28. The molecule has 0 saturated carbocycles. The molecule has 3 aromatic rings. The van der Waals surface area contributed by atoms with E-state index in [0.717, 1.165) is 33.3 Å². The number of methoxy groups -OCH3 is 1. The summed E-state index contributed by atoms with van der Waals surface area (Å²) in [5.74, 6) is 0.866.